The van der Waals surface area contributed by atoms with Gasteiger partial charge in [-0.15, -0.1) is 0 Å². The molecule has 0 heterocycles. The van der Waals surface area contributed by atoms with Gasteiger partial charge in [0, 0.05) is 26.7 Å². The number of amides is 1. The van der Waals surface area contributed by atoms with Crippen LogP contribution in [0.5, 0.6) is 0 Å². The van der Waals surface area contributed by atoms with E-state index in [-0.39, 0.29) is 10.8 Å². The van der Waals surface area contributed by atoms with Crippen LogP contribution in [0.2, 0.25) is 0 Å². The molecule has 0 radical (unpaired) electrons. The summed E-state index contributed by atoms with van der Waals surface area (Å²) in [5, 5.41) is 0. The normalized spacial score (nSPS) is 11.1. The van der Waals surface area contributed by atoms with Crippen molar-refractivity contribution in [3.05, 3.63) is 59.7 Å². The van der Waals surface area contributed by atoms with Crippen LogP contribution < -0.4 is 4.31 Å². The number of rotatable bonds is 4. The van der Waals surface area contributed by atoms with Crippen LogP contribution in [-0.4, -0.2) is 40.4 Å². The predicted molar refractivity (Wildman–Crippen MR) is 91.2 cm³/mol. The topological polar surface area (TPSA) is 57.7 Å². The van der Waals surface area contributed by atoms with Gasteiger partial charge in [0.2, 0.25) is 0 Å². The van der Waals surface area contributed by atoms with Gasteiger partial charge in [0.15, 0.2) is 0 Å². The Morgan fingerprint density at radius 3 is 1.87 bits per heavy atom. The summed E-state index contributed by atoms with van der Waals surface area (Å²) >= 11 is 0. The Hall–Kier alpha value is -2.34. The summed E-state index contributed by atoms with van der Waals surface area (Å²) in [4.78, 5) is 13.6. The van der Waals surface area contributed by atoms with Crippen molar-refractivity contribution in [2.45, 2.75) is 11.8 Å². The standard InChI is InChI=1S/C17H20N2O3S/c1-13-5-11-16(12-6-13)23(21,22)19(4)15-9-7-14(8-10-15)17(20)18(2)3/h5-12H,1-4H3. The van der Waals surface area contributed by atoms with Gasteiger partial charge in [-0.2, -0.15) is 0 Å². The summed E-state index contributed by atoms with van der Waals surface area (Å²) in [6.07, 6.45) is 0. The van der Waals surface area contributed by atoms with Crippen molar-refractivity contribution in [3.8, 4) is 0 Å². The summed E-state index contributed by atoms with van der Waals surface area (Å²) in [6.45, 7) is 1.90. The average Bonchev–Trinajstić information content (AvgIpc) is 2.54. The Kier molecular flexibility index (Phi) is 4.75. The second kappa shape index (κ2) is 6.42. The molecule has 0 spiro atoms. The lowest BCUT2D eigenvalue weighted by Crippen LogP contribution is -2.27. The van der Waals surface area contributed by atoms with Crippen LogP contribution in [0.15, 0.2) is 53.4 Å². The number of carbonyl (C=O) groups is 1. The number of aryl methyl sites for hydroxylation is 1. The molecule has 2 aromatic carbocycles. The fourth-order valence-corrected chi connectivity index (χ4v) is 3.27. The number of hydrogen-bond donors (Lipinski definition) is 0. The van der Waals surface area contributed by atoms with Gasteiger partial charge >= 0.3 is 0 Å². The van der Waals surface area contributed by atoms with E-state index in [9.17, 15) is 13.2 Å². The molecule has 0 bridgehead atoms. The van der Waals surface area contributed by atoms with Gasteiger partial charge in [0.05, 0.1) is 10.6 Å². The maximum Gasteiger partial charge on any atom is 0.264 e. The molecule has 0 saturated heterocycles. The molecule has 1 amide bonds. The van der Waals surface area contributed by atoms with E-state index in [0.717, 1.165) is 5.56 Å². The molecule has 122 valence electrons. The zero-order valence-electron chi connectivity index (χ0n) is 13.6. The molecule has 0 saturated carbocycles. The van der Waals surface area contributed by atoms with Crippen LogP contribution in [0, 0.1) is 6.92 Å². The predicted octanol–water partition coefficient (Wildman–Crippen LogP) is 2.52. The summed E-state index contributed by atoms with van der Waals surface area (Å²) in [5.41, 5.74) is 2.01. The van der Waals surface area contributed by atoms with E-state index < -0.39 is 10.0 Å². The number of hydrogen-bond acceptors (Lipinski definition) is 3. The molecule has 0 aliphatic rings. The van der Waals surface area contributed by atoms with Crippen molar-refractivity contribution < 1.29 is 13.2 Å². The summed E-state index contributed by atoms with van der Waals surface area (Å²) in [7, 11) is 1.22. The fourth-order valence-electron chi connectivity index (χ4n) is 2.08. The fraction of sp³-hybridized carbons (Fsp3) is 0.235. The van der Waals surface area contributed by atoms with Crippen LogP contribution in [0.1, 0.15) is 15.9 Å². The molecular weight excluding hydrogens is 312 g/mol. The van der Waals surface area contributed by atoms with Crippen LogP contribution in [-0.2, 0) is 10.0 Å². The summed E-state index contributed by atoms with van der Waals surface area (Å²) < 4.78 is 26.5. The third kappa shape index (κ3) is 3.53. The molecule has 0 N–H and O–H groups in total. The second-order valence-corrected chi connectivity index (χ2v) is 7.50. The molecule has 0 aromatic heterocycles. The molecule has 23 heavy (non-hydrogen) atoms. The lowest BCUT2D eigenvalue weighted by Gasteiger charge is -2.20. The highest BCUT2D eigenvalue weighted by Gasteiger charge is 2.21. The molecule has 0 aliphatic carbocycles. The number of anilines is 1. The van der Waals surface area contributed by atoms with E-state index in [0.29, 0.717) is 11.3 Å². The first-order chi connectivity index (χ1) is 10.7. The van der Waals surface area contributed by atoms with E-state index in [1.165, 1.54) is 16.3 Å². The van der Waals surface area contributed by atoms with Gasteiger partial charge in [0.1, 0.15) is 0 Å². The van der Waals surface area contributed by atoms with E-state index in [1.54, 1.807) is 62.6 Å². The zero-order valence-corrected chi connectivity index (χ0v) is 14.5. The van der Waals surface area contributed by atoms with Gasteiger partial charge in [-0.05, 0) is 43.3 Å². The molecule has 2 aromatic rings. The minimum Gasteiger partial charge on any atom is -0.345 e. The number of carbonyl (C=O) groups excluding carboxylic acids is 1. The van der Waals surface area contributed by atoms with Crippen molar-refractivity contribution >= 4 is 21.6 Å². The van der Waals surface area contributed by atoms with E-state index in [1.807, 2.05) is 6.92 Å². The lowest BCUT2D eigenvalue weighted by molar-refractivity contribution is 0.0827. The van der Waals surface area contributed by atoms with E-state index >= 15 is 0 Å². The van der Waals surface area contributed by atoms with Crippen molar-refractivity contribution in [1.82, 2.24) is 4.90 Å². The highest BCUT2D eigenvalue weighted by Crippen LogP contribution is 2.22. The van der Waals surface area contributed by atoms with Gasteiger partial charge in [0.25, 0.3) is 15.9 Å². The largest absolute Gasteiger partial charge is 0.345 e. The van der Waals surface area contributed by atoms with Crippen LogP contribution in [0.25, 0.3) is 0 Å². The third-order valence-corrected chi connectivity index (χ3v) is 5.36. The first-order valence-electron chi connectivity index (χ1n) is 7.11. The molecule has 0 aliphatic heterocycles. The van der Waals surface area contributed by atoms with Gasteiger partial charge in [-0.25, -0.2) is 8.42 Å². The van der Waals surface area contributed by atoms with Crippen LogP contribution in [0.4, 0.5) is 5.69 Å². The lowest BCUT2D eigenvalue weighted by atomic mass is 10.2. The maximum absolute atomic E-state index is 12.6. The van der Waals surface area contributed by atoms with E-state index in [2.05, 4.69) is 0 Å². The monoisotopic (exact) mass is 332 g/mol. The van der Waals surface area contributed by atoms with Crippen molar-refractivity contribution in [3.63, 3.8) is 0 Å². The quantitative estimate of drug-likeness (QED) is 0.864. The molecular formula is C17H20N2O3S. The third-order valence-electron chi connectivity index (χ3n) is 3.56. The number of nitrogens with zero attached hydrogens (tertiary/aromatic N) is 2. The molecule has 2 rings (SSSR count). The summed E-state index contributed by atoms with van der Waals surface area (Å²) in [5.74, 6) is -0.124. The molecule has 5 nitrogen and oxygen atoms in total. The van der Waals surface area contributed by atoms with Gasteiger partial charge in [-0.1, -0.05) is 17.7 Å². The average molecular weight is 332 g/mol. The second-order valence-electron chi connectivity index (χ2n) is 5.53. The Bertz CT molecular complexity index is 795. The highest BCUT2D eigenvalue weighted by molar-refractivity contribution is 7.92. The molecule has 0 unspecified atom stereocenters. The number of benzene rings is 2. The first-order valence-corrected chi connectivity index (χ1v) is 8.55. The van der Waals surface area contributed by atoms with Crippen molar-refractivity contribution in [1.29, 1.82) is 0 Å². The summed E-state index contributed by atoms with van der Waals surface area (Å²) in [6, 6.07) is 13.2. The molecule has 0 atom stereocenters. The van der Waals surface area contributed by atoms with Crippen molar-refractivity contribution in [2.75, 3.05) is 25.4 Å². The Labute approximate surface area is 137 Å². The minimum atomic E-state index is -3.62. The van der Waals surface area contributed by atoms with Gasteiger partial charge < -0.3 is 4.90 Å². The minimum absolute atomic E-state index is 0.124. The Balaban J connectivity index is 2.31. The SMILES string of the molecule is Cc1ccc(S(=O)(=O)N(C)c2ccc(C(=O)N(C)C)cc2)cc1. The van der Waals surface area contributed by atoms with Crippen LogP contribution in [0.3, 0.4) is 0 Å². The highest BCUT2D eigenvalue weighted by atomic mass is 32.2. The van der Waals surface area contributed by atoms with Crippen molar-refractivity contribution in [2.24, 2.45) is 0 Å². The zero-order chi connectivity index (χ0) is 17.2. The molecule has 0 fully saturated rings. The maximum atomic E-state index is 12.6. The Morgan fingerprint density at radius 2 is 1.39 bits per heavy atom. The van der Waals surface area contributed by atoms with Gasteiger partial charge in [-0.3, -0.25) is 9.10 Å². The first kappa shape index (κ1) is 17.0. The smallest absolute Gasteiger partial charge is 0.264 e. The molecule has 6 heteroatoms. The van der Waals surface area contributed by atoms with Crippen LogP contribution >= 0.6 is 0 Å². The van der Waals surface area contributed by atoms with E-state index in [4.69, 9.17) is 0 Å². The Morgan fingerprint density at radius 1 is 0.870 bits per heavy atom. The number of sulfonamides is 1.